The summed E-state index contributed by atoms with van der Waals surface area (Å²) in [4.78, 5) is 11.4. The summed E-state index contributed by atoms with van der Waals surface area (Å²) < 4.78 is 24.7. The topological polar surface area (TPSA) is 51.2 Å². The Morgan fingerprint density at radius 2 is 1.40 bits per heavy atom. The maximum absolute atomic E-state index is 12.4. The molecule has 0 aliphatic rings. The summed E-state index contributed by atoms with van der Waals surface area (Å²) in [7, 11) is -3.54. The van der Waals surface area contributed by atoms with Gasteiger partial charge in [-0.3, -0.25) is 4.79 Å². The van der Waals surface area contributed by atoms with Crippen molar-refractivity contribution in [3.63, 3.8) is 0 Å². The fraction of sp³-hybridized carbons (Fsp3) is 0.133. The predicted octanol–water partition coefficient (Wildman–Crippen LogP) is 3.30. The van der Waals surface area contributed by atoms with Gasteiger partial charge in [0.25, 0.3) is 0 Å². The fourth-order valence-electron chi connectivity index (χ4n) is 1.82. The average molecular weight is 309 g/mol. The van der Waals surface area contributed by atoms with Gasteiger partial charge in [-0.25, -0.2) is 8.42 Å². The predicted molar refractivity (Wildman–Crippen MR) is 77.7 cm³/mol. The summed E-state index contributed by atoms with van der Waals surface area (Å²) in [6.45, 7) is 1.50. The highest BCUT2D eigenvalue weighted by molar-refractivity contribution is 7.91. The first kappa shape index (κ1) is 14.8. The maximum atomic E-state index is 12.4. The van der Waals surface area contributed by atoms with Crippen molar-refractivity contribution < 1.29 is 13.2 Å². The maximum Gasteiger partial charge on any atom is 0.206 e. The quantitative estimate of drug-likeness (QED) is 0.870. The lowest BCUT2D eigenvalue weighted by Gasteiger charge is -2.06. The lowest BCUT2D eigenvalue weighted by molar-refractivity contribution is -0.116. The molecule has 0 unspecified atom stereocenters. The smallest absolute Gasteiger partial charge is 0.206 e. The standard InChI is InChI=1S/C15H13ClO3S/c1-11(17)10-12-2-6-14(7-3-12)20(18,19)15-8-4-13(16)5-9-15/h2-9H,10H2,1H3. The monoisotopic (exact) mass is 308 g/mol. The molecule has 0 saturated carbocycles. The number of rotatable bonds is 4. The Morgan fingerprint density at radius 3 is 1.85 bits per heavy atom. The second-order valence-electron chi connectivity index (χ2n) is 4.48. The van der Waals surface area contributed by atoms with Gasteiger partial charge in [0, 0.05) is 11.4 Å². The van der Waals surface area contributed by atoms with E-state index in [1.165, 1.54) is 31.2 Å². The van der Waals surface area contributed by atoms with E-state index in [0.29, 0.717) is 11.4 Å². The highest BCUT2D eigenvalue weighted by atomic mass is 35.5. The van der Waals surface area contributed by atoms with Crippen LogP contribution in [0.25, 0.3) is 0 Å². The molecule has 2 rings (SSSR count). The summed E-state index contributed by atoms with van der Waals surface area (Å²) in [5.41, 5.74) is 0.799. The largest absolute Gasteiger partial charge is 0.300 e. The second kappa shape index (κ2) is 5.77. The van der Waals surface area contributed by atoms with Crippen molar-refractivity contribution in [3.05, 3.63) is 59.1 Å². The van der Waals surface area contributed by atoms with Crippen molar-refractivity contribution in [1.29, 1.82) is 0 Å². The summed E-state index contributed by atoms with van der Waals surface area (Å²) in [5.74, 6) is 0.0401. The molecule has 0 aliphatic carbocycles. The van der Waals surface area contributed by atoms with Crippen LogP contribution >= 0.6 is 11.6 Å². The Bertz CT molecular complexity index is 717. The molecule has 104 valence electrons. The first-order valence-corrected chi connectivity index (χ1v) is 7.85. The zero-order chi connectivity index (χ0) is 14.8. The summed E-state index contributed by atoms with van der Waals surface area (Å²) in [5, 5.41) is 0.487. The SMILES string of the molecule is CC(=O)Cc1ccc(S(=O)(=O)c2ccc(Cl)cc2)cc1. The number of Topliss-reactive ketones (excluding diaryl/α,β-unsaturated/α-hetero) is 1. The molecule has 0 heterocycles. The molecule has 5 heteroatoms. The Hall–Kier alpha value is -1.65. The van der Waals surface area contributed by atoms with Gasteiger partial charge in [0.15, 0.2) is 0 Å². The average Bonchev–Trinajstić information content (AvgIpc) is 2.39. The molecule has 0 fully saturated rings. The molecule has 3 nitrogen and oxygen atoms in total. The van der Waals surface area contributed by atoms with Gasteiger partial charge in [0.2, 0.25) is 9.84 Å². The number of benzene rings is 2. The van der Waals surface area contributed by atoms with E-state index in [1.54, 1.807) is 24.3 Å². The van der Waals surface area contributed by atoms with E-state index in [1.807, 2.05) is 0 Å². The lowest BCUT2D eigenvalue weighted by Crippen LogP contribution is -2.02. The van der Waals surface area contributed by atoms with Gasteiger partial charge in [-0.1, -0.05) is 23.7 Å². The van der Waals surface area contributed by atoms with Crippen molar-refractivity contribution in [2.24, 2.45) is 0 Å². The first-order valence-electron chi connectivity index (χ1n) is 5.98. The van der Waals surface area contributed by atoms with E-state index in [4.69, 9.17) is 11.6 Å². The number of ketones is 1. The summed E-state index contributed by atoms with van der Waals surface area (Å²) in [6, 6.07) is 12.4. The Labute approximate surface area is 123 Å². The Kier molecular flexibility index (Phi) is 4.26. The molecule has 0 spiro atoms. The van der Waals surface area contributed by atoms with Gasteiger partial charge < -0.3 is 0 Å². The minimum Gasteiger partial charge on any atom is -0.300 e. The third-order valence-corrected chi connectivity index (χ3v) is 4.85. The van der Waals surface area contributed by atoms with E-state index in [2.05, 4.69) is 0 Å². The zero-order valence-corrected chi connectivity index (χ0v) is 12.4. The molecule has 0 aromatic heterocycles. The van der Waals surface area contributed by atoms with E-state index in [0.717, 1.165) is 5.56 Å². The molecule has 0 radical (unpaired) electrons. The minimum atomic E-state index is -3.54. The van der Waals surface area contributed by atoms with Gasteiger partial charge in [0.1, 0.15) is 5.78 Å². The lowest BCUT2D eigenvalue weighted by atomic mass is 10.1. The number of sulfone groups is 1. The van der Waals surface area contributed by atoms with Gasteiger partial charge in [-0.05, 0) is 48.9 Å². The van der Waals surface area contributed by atoms with Crippen LogP contribution in [0, 0.1) is 0 Å². The van der Waals surface area contributed by atoms with E-state index in [9.17, 15) is 13.2 Å². The number of carbonyl (C=O) groups excluding carboxylic acids is 1. The molecule has 0 amide bonds. The van der Waals surface area contributed by atoms with Crippen LogP contribution in [0.4, 0.5) is 0 Å². The third kappa shape index (κ3) is 3.26. The number of hydrogen-bond donors (Lipinski definition) is 0. The molecule has 20 heavy (non-hydrogen) atoms. The number of halogens is 1. The van der Waals surface area contributed by atoms with Crippen LogP contribution in [-0.4, -0.2) is 14.2 Å². The van der Waals surface area contributed by atoms with E-state index < -0.39 is 9.84 Å². The van der Waals surface area contributed by atoms with Crippen LogP contribution in [0.3, 0.4) is 0 Å². The minimum absolute atomic E-state index is 0.0401. The number of carbonyl (C=O) groups is 1. The fourth-order valence-corrected chi connectivity index (χ4v) is 3.21. The van der Waals surface area contributed by atoms with Gasteiger partial charge in [-0.2, -0.15) is 0 Å². The van der Waals surface area contributed by atoms with Crippen LogP contribution in [0.2, 0.25) is 5.02 Å². The van der Waals surface area contributed by atoms with Crippen molar-refractivity contribution in [2.75, 3.05) is 0 Å². The normalized spacial score (nSPS) is 11.3. The molecule has 0 aliphatic heterocycles. The Morgan fingerprint density at radius 1 is 0.950 bits per heavy atom. The highest BCUT2D eigenvalue weighted by Crippen LogP contribution is 2.22. The molecule has 2 aromatic carbocycles. The van der Waals surface area contributed by atoms with Crippen LogP contribution in [0.1, 0.15) is 12.5 Å². The first-order chi connectivity index (χ1) is 9.39. The summed E-state index contributed by atoms with van der Waals surface area (Å²) in [6.07, 6.45) is 0.307. The van der Waals surface area contributed by atoms with Crippen LogP contribution in [0.5, 0.6) is 0 Å². The van der Waals surface area contributed by atoms with Gasteiger partial charge in [-0.15, -0.1) is 0 Å². The van der Waals surface area contributed by atoms with E-state index in [-0.39, 0.29) is 15.6 Å². The third-order valence-electron chi connectivity index (χ3n) is 2.81. The highest BCUT2D eigenvalue weighted by Gasteiger charge is 2.17. The van der Waals surface area contributed by atoms with Crippen molar-refractivity contribution in [3.8, 4) is 0 Å². The van der Waals surface area contributed by atoms with Crippen molar-refractivity contribution in [2.45, 2.75) is 23.1 Å². The number of hydrogen-bond acceptors (Lipinski definition) is 3. The Balaban J connectivity index is 2.34. The van der Waals surface area contributed by atoms with Gasteiger partial charge >= 0.3 is 0 Å². The zero-order valence-electron chi connectivity index (χ0n) is 10.8. The second-order valence-corrected chi connectivity index (χ2v) is 6.87. The van der Waals surface area contributed by atoms with E-state index >= 15 is 0 Å². The molecular weight excluding hydrogens is 296 g/mol. The molecule has 0 saturated heterocycles. The molecule has 0 N–H and O–H groups in total. The molecule has 2 aromatic rings. The molecule has 0 bridgehead atoms. The van der Waals surface area contributed by atoms with Crippen LogP contribution in [0.15, 0.2) is 58.3 Å². The van der Waals surface area contributed by atoms with Crippen molar-refractivity contribution in [1.82, 2.24) is 0 Å². The van der Waals surface area contributed by atoms with Crippen molar-refractivity contribution >= 4 is 27.2 Å². The molecule has 0 atom stereocenters. The molecular formula is C15H13ClO3S. The summed E-state index contributed by atoms with van der Waals surface area (Å²) >= 11 is 5.75. The van der Waals surface area contributed by atoms with Gasteiger partial charge in [0.05, 0.1) is 9.79 Å². The van der Waals surface area contributed by atoms with Crippen LogP contribution in [-0.2, 0) is 21.1 Å². The van der Waals surface area contributed by atoms with Crippen LogP contribution < -0.4 is 0 Å².